The molecule has 0 amide bonds. The fourth-order valence-corrected chi connectivity index (χ4v) is 8.21. The Hall–Kier alpha value is -7.42. The Kier molecular flexibility index (Phi) is 8.55. The minimum Gasteiger partial charge on any atom is -0.310 e. The first-order valence-corrected chi connectivity index (χ1v) is 19.2. The van der Waals surface area contributed by atoms with Crippen molar-refractivity contribution in [2.24, 2.45) is 0 Å². The van der Waals surface area contributed by atoms with E-state index >= 15 is 0 Å². The van der Waals surface area contributed by atoms with E-state index in [0.717, 1.165) is 45.0 Å². The van der Waals surface area contributed by atoms with Crippen molar-refractivity contribution in [3.05, 3.63) is 231 Å². The summed E-state index contributed by atoms with van der Waals surface area (Å²) < 4.78 is 2.40. The van der Waals surface area contributed by atoms with E-state index in [1.165, 1.54) is 44.1 Å². The molecular weight excluding hydrogens is 677 g/mol. The molecule has 0 saturated carbocycles. The van der Waals surface area contributed by atoms with Gasteiger partial charge >= 0.3 is 0 Å². The monoisotopic (exact) mass is 714 g/mol. The van der Waals surface area contributed by atoms with Crippen LogP contribution in [0, 0.1) is 0 Å². The Bertz CT molecular complexity index is 2880. The number of anilines is 3. The number of fused-ring (bicyclic) bond motifs is 3. The normalized spacial score (nSPS) is 11.2. The average molecular weight is 715 g/mol. The highest BCUT2D eigenvalue weighted by molar-refractivity contribution is 6.11. The third kappa shape index (κ3) is 6.04. The van der Waals surface area contributed by atoms with Gasteiger partial charge in [0.2, 0.25) is 0 Å². The van der Waals surface area contributed by atoms with E-state index in [2.05, 4.69) is 240 Å². The fourth-order valence-electron chi connectivity index (χ4n) is 8.21. The van der Waals surface area contributed by atoms with Crippen molar-refractivity contribution in [3.8, 4) is 50.2 Å². The third-order valence-electron chi connectivity index (χ3n) is 10.8. The first kappa shape index (κ1) is 33.2. The summed E-state index contributed by atoms with van der Waals surface area (Å²) in [6, 6.07) is 83.2. The lowest BCUT2D eigenvalue weighted by atomic mass is 9.91. The molecule has 2 heteroatoms. The van der Waals surface area contributed by atoms with Gasteiger partial charge in [0.05, 0.1) is 16.7 Å². The second kappa shape index (κ2) is 14.4. The van der Waals surface area contributed by atoms with Gasteiger partial charge in [-0.25, -0.2) is 0 Å². The first-order chi connectivity index (χ1) is 27.8. The SMILES string of the molecule is c1ccc(-c2cc(-c3ccccc3)cc(N(c3ccc4c5ccccc5n(-c5ccccc5)c4c3)c3cccc(-c4ccccc4)c3-c3ccccc3)c2)cc1. The Morgan fingerprint density at radius 2 is 0.821 bits per heavy atom. The van der Waals surface area contributed by atoms with Gasteiger partial charge in [-0.2, -0.15) is 0 Å². The van der Waals surface area contributed by atoms with Crippen LogP contribution in [0.3, 0.4) is 0 Å². The van der Waals surface area contributed by atoms with Gasteiger partial charge in [-0.1, -0.05) is 176 Å². The highest BCUT2D eigenvalue weighted by atomic mass is 15.1. The molecule has 0 aliphatic carbocycles. The van der Waals surface area contributed by atoms with Crippen molar-refractivity contribution < 1.29 is 0 Å². The molecule has 0 fully saturated rings. The van der Waals surface area contributed by atoms with Gasteiger partial charge in [0.15, 0.2) is 0 Å². The van der Waals surface area contributed by atoms with Crippen LogP contribution in [0.5, 0.6) is 0 Å². The smallest absolute Gasteiger partial charge is 0.0561 e. The van der Waals surface area contributed by atoms with Crippen LogP contribution < -0.4 is 4.90 Å². The Balaban J connectivity index is 1.31. The molecule has 10 rings (SSSR count). The molecule has 0 unspecified atom stereocenters. The molecule has 0 spiro atoms. The van der Waals surface area contributed by atoms with Crippen LogP contribution in [0.4, 0.5) is 17.1 Å². The summed E-state index contributed by atoms with van der Waals surface area (Å²) in [6.07, 6.45) is 0. The molecule has 9 aromatic carbocycles. The van der Waals surface area contributed by atoms with Gasteiger partial charge in [0.1, 0.15) is 0 Å². The van der Waals surface area contributed by atoms with Crippen LogP contribution >= 0.6 is 0 Å². The summed E-state index contributed by atoms with van der Waals surface area (Å²) in [7, 11) is 0. The maximum atomic E-state index is 2.47. The van der Waals surface area contributed by atoms with E-state index in [1.54, 1.807) is 0 Å². The minimum atomic E-state index is 1.07. The maximum Gasteiger partial charge on any atom is 0.0561 e. The van der Waals surface area contributed by atoms with Gasteiger partial charge in [0.25, 0.3) is 0 Å². The third-order valence-corrected chi connectivity index (χ3v) is 10.8. The predicted molar refractivity (Wildman–Crippen MR) is 237 cm³/mol. The van der Waals surface area contributed by atoms with Crippen LogP contribution in [-0.2, 0) is 0 Å². The Morgan fingerprint density at radius 1 is 0.304 bits per heavy atom. The zero-order valence-corrected chi connectivity index (χ0v) is 30.8. The molecule has 0 aliphatic rings. The van der Waals surface area contributed by atoms with E-state index in [1.807, 2.05) is 0 Å². The quantitative estimate of drug-likeness (QED) is 0.152. The zero-order chi connectivity index (χ0) is 37.3. The lowest BCUT2D eigenvalue weighted by molar-refractivity contribution is 1.18. The van der Waals surface area contributed by atoms with Crippen molar-refractivity contribution in [2.75, 3.05) is 4.90 Å². The molecule has 1 heterocycles. The molecule has 0 atom stereocenters. The molecule has 10 aromatic rings. The van der Waals surface area contributed by atoms with E-state index in [0.29, 0.717) is 0 Å². The van der Waals surface area contributed by atoms with Crippen LogP contribution in [0.2, 0.25) is 0 Å². The lowest BCUT2D eigenvalue weighted by Gasteiger charge is -2.30. The molecular formula is C54H38N2. The predicted octanol–water partition coefficient (Wildman–Crippen LogP) is 14.9. The number of para-hydroxylation sites is 2. The number of benzene rings is 9. The molecule has 2 nitrogen and oxygen atoms in total. The van der Waals surface area contributed by atoms with Crippen molar-refractivity contribution >= 4 is 38.9 Å². The average Bonchev–Trinajstić information content (AvgIpc) is 3.61. The van der Waals surface area contributed by atoms with Crippen molar-refractivity contribution in [1.29, 1.82) is 0 Å². The summed E-state index contributed by atoms with van der Waals surface area (Å²) in [5, 5.41) is 2.45. The second-order valence-corrected chi connectivity index (χ2v) is 14.2. The molecule has 56 heavy (non-hydrogen) atoms. The summed E-state index contributed by atoms with van der Waals surface area (Å²) in [5.74, 6) is 0. The molecule has 0 radical (unpaired) electrons. The topological polar surface area (TPSA) is 8.17 Å². The Labute approximate surface area is 327 Å². The molecule has 0 N–H and O–H groups in total. The van der Waals surface area contributed by atoms with Gasteiger partial charge in [-0.15, -0.1) is 0 Å². The number of hydrogen-bond donors (Lipinski definition) is 0. The Morgan fingerprint density at radius 3 is 1.45 bits per heavy atom. The van der Waals surface area contributed by atoms with Crippen molar-refractivity contribution in [2.45, 2.75) is 0 Å². The summed E-state index contributed by atoms with van der Waals surface area (Å²) in [4.78, 5) is 2.47. The van der Waals surface area contributed by atoms with Gasteiger partial charge in [-0.05, 0) is 93.5 Å². The van der Waals surface area contributed by atoms with E-state index in [9.17, 15) is 0 Å². The summed E-state index contributed by atoms with van der Waals surface area (Å²) >= 11 is 0. The number of nitrogens with zero attached hydrogens (tertiary/aromatic N) is 2. The van der Waals surface area contributed by atoms with E-state index < -0.39 is 0 Å². The molecule has 0 saturated heterocycles. The number of hydrogen-bond acceptors (Lipinski definition) is 1. The highest BCUT2D eigenvalue weighted by Gasteiger charge is 2.23. The fraction of sp³-hybridized carbons (Fsp3) is 0. The maximum absolute atomic E-state index is 2.47. The summed E-state index contributed by atoms with van der Waals surface area (Å²) in [6.45, 7) is 0. The molecule has 1 aromatic heterocycles. The van der Waals surface area contributed by atoms with Gasteiger partial charge < -0.3 is 9.47 Å². The van der Waals surface area contributed by atoms with Gasteiger partial charge in [-0.3, -0.25) is 0 Å². The molecule has 0 aliphatic heterocycles. The van der Waals surface area contributed by atoms with E-state index in [-0.39, 0.29) is 0 Å². The van der Waals surface area contributed by atoms with E-state index in [4.69, 9.17) is 0 Å². The van der Waals surface area contributed by atoms with Crippen LogP contribution in [-0.4, -0.2) is 4.57 Å². The highest BCUT2D eigenvalue weighted by Crippen LogP contribution is 2.48. The van der Waals surface area contributed by atoms with Crippen molar-refractivity contribution in [1.82, 2.24) is 4.57 Å². The van der Waals surface area contributed by atoms with Crippen molar-refractivity contribution in [3.63, 3.8) is 0 Å². The molecule has 0 bridgehead atoms. The van der Waals surface area contributed by atoms with Crippen LogP contribution in [0.25, 0.3) is 72.0 Å². The van der Waals surface area contributed by atoms with Gasteiger partial charge in [0, 0.05) is 33.4 Å². The zero-order valence-electron chi connectivity index (χ0n) is 30.8. The van der Waals surface area contributed by atoms with Crippen LogP contribution in [0.1, 0.15) is 0 Å². The largest absolute Gasteiger partial charge is 0.310 e. The number of aromatic nitrogens is 1. The standard InChI is InChI=1S/C54H38N2/c1-6-19-39(20-7-1)43-35-44(40-21-8-2-9-22-40)37-47(36-43)55(52-32-18-30-48(41-23-10-3-11-24-41)54(52)42-25-12-4-13-26-42)46-33-34-50-49-29-16-17-31-51(49)56(53(50)38-46)45-27-14-5-15-28-45/h1-38H. The molecule has 264 valence electrons. The minimum absolute atomic E-state index is 1.07. The van der Waals surface area contributed by atoms with Crippen LogP contribution in [0.15, 0.2) is 231 Å². The second-order valence-electron chi connectivity index (χ2n) is 14.2. The first-order valence-electron chi connectivity index (χ1n) is 19.2. The number of rotatable bonds is 8. The summed E-state index contributed by atoms with van der Waals surface area (Å²) in [5.41, 5.74) is 16.1. The lowest BCUT2D eigenvalue weighted by Crippen LogP contribution is -2.12.